The maximum absolute atomic E-state index is 12.2. The van der Waals surface area contributed by atoms with Gasteiger partial charge in [-0.25, -0.2) is 4.98 Å². The van der Waals surface area contributed by atoms with Crippen LogP contribution in [-0.2, 0) is 0 Å². The molecule has 2 N–H and O–H groups in total. The molecule has 0 atom stereocenters. The van der Waals surface area contributed by atoms with Gasteiger partial charge >= 0.3 is 0 Å². The fourth-order valence-electron chi connectivity index (χ4n) is 2.31. The van der Waals surface area contributed by atoms with Crippen LogP contribution in [0, 0.1) is 17.0 Å². The summed E-state index contributed by atoms with van der Waals surface area (Å²) in [5.74, 6) is -0.302. The number of non-ortho nitro benzene ring substituents is 1. The molecule has 1 heterocycles. The van der Waals surface area contributed by atoms with Gasteiger partial charge in [0.15, 0.2) is 10.2 Å². The minimum Gasteiger partial charge on any atom is -0.308 e. The molecule has 27 heavy (non-hydrogen) atoms. The third kappa shape index (κ3) is 4.72. The zero-order valence-corrected chi connectivity index (χ0v) is 15.8. The second kappa shape index (κ2) is 8.02. The molecule has 0 aliphatic heterocycles. The third-order valence-corrected chi connectivity index (χ3v) is 4.57. The highest BCUT2D eigenvalue weighted by molar-refractivity contribution is 7.80. The standard InChI is InChI=1S/C18H14N4O3S2/c1-11-3-2-4-13(9-11)16(23)20-17(26)21-18-19-15(10-27-18)12-5-7-14(8-6-12)22(24)25/h2-10H,1H3,(H2,19,20,21,23,26). The predicted octanol–water partition coefficient (Wildman–Crippen LogP) is 4.15. The molecule has 1 amide bonds. The summed E-state index contributed by atoms with van der Waals surface area (Å²) >= 11 is 6.48. The predicted molar refractivity (Wildman–Crippen MR) is 109 cm³/mol. The van der Waals surface area contributed by atoms with Crippen molar-refractivity contribution in [2.45, 2.75) is 6.92 Å². The Labute approximate surface area is 164 Å². The van der Waals surface area contributed by atoms with Crippen LogP contribution in [0.25, 0.3) is 11.3 Å². The van der Waals surface area contributed by atoms with Crippen LogP contribution in [0.15, 0.2) is 53.9 Å². The average molecular weight is 398 g/mol. The van der Waals surface area contributed by atoms with Gasteiger partial charge in [-0.15, -0.1) is 11.3 Å². The molecule has 0 bridgehead atoms. The van der Waals surface area contributed by atoms with Gasteiger partial charge in [-0.05, 0) is 43.4 Å². The summed E-state index contributed by atoms with van der Waals surface area (Å²) in [7, 11) is 0. The van der Waals surface area contributed by atoms with Crippen LogP contribution in [-0.4, -0.2) is 20.9 Å². The molecule has 3 rings (SSSR count). The van der Waals surface area contributed by atoms with E-state index in [0.29, 0.717) is 16.4 Å². The fraction of sp³-hybridized carbons (Fsp3) is 0.0556. The lowest BCUT2D eigenvalue weighted by Gasteiger charge is -2.07. The molecular weight excluding hydrogens is 384 g/mol. The summed E-state index contributed by atoms with van der Waals surface area (Å²) in [5, 5.41) is 18.7. The lowest BCUT2D eigenvalue weighted by Crippen LogP contribution is -2.34. The van der Waals surface area contributed by atoms with Crippen molar-refractivity contribution in [3.05, 3.63) is 75.2 Å². The number of carbonyl (C=O) groups excluding carboxylic acids is 1. The van der Waals surface area contributed by atoms with E-state index in [4.69, 9.17) is 12.2 Å². The first kappa shape index (κ1) is 18.6. The fourth-order valence-corrected chi connectivity index (χ4v) is 3.29. The van der Waals surface area contributed by atoms with E-state index in [0.717, 1.165) is 11.1 Å². The van der Waals surface area contributed by atoms with Crippen LogP contribution in [0.3, 0.4) is 0 Å². The normalized spacial score (nSPS) is 10.3. The summed E-state index contributed by atoms with van der Waals surface area (Å²) in [4.78, 5) is 26.9. The molecule has 1 aromatic heterocycles. The van der Waals surface area contributed by atoms with Gasteiger partial charge < -0.3 is 5.32 Å². The van der Waals surface area contributed by atoms with Gasteiger partial charge in [-0.1, -0.05) is 17.7 Å². The van der Waals surface area contributed by atoms with E-state index in [9.17, 15) is 14.9 Å². The molecule has 136 valence electrons. The molecule has 0 aliphatic rings. The maximum Gasteiger partial charge on any atom is 0.269 e. The van der Waals surface area contributed by atoms with E-state index in [-0.39, 0.29) is 16.7 Å². The Morgan fingerprint density at radius 3 is 2.63 bits per heavy atom. The van der Waals surface area contributed by atoms with Crippen molar-refractivity contribution in [3.63, 3.8) is 0 Å². The zero-order valence-electron chi connectivity index (χ0n) is 14.1. The number of carbonyl (C=O) groups is 1. The molecule has 0 spiro atoms. The van der Waals surface area contributed by atoms with Gasteiger partial charge in [0, 0.05) is 28.6 Å². The number of hydrogen-bond donors (Lipinski definition) is 2. The lowest BCUT2D eigenvalue weighted by atomic mass is 10.1. The second-order valence-corrected chi connectivity index (χ2v) is 6.89. The van der Waals surface area contributed by atoms with Gasteiger partial charge in [0.25, 0.3) is 11.6 Å². The first-order valence-corrected chi connectivity index (χ1v) is 9.10. The molecule has 0 saturated heterocycles. The largest absolute Gasteiger partial charge is 0.308 e. The average Bonchev–Trinajstić information content (AvgIpc) is 3.10. The Morgan fingerprint density at radius 1 is 1.22 bits per heavy atom. The number of hydrogen-bond acceptors (Lipinski definition) is 6. The summed E-state index contributed by atoms with van der Waals surface area (Å²) < 4.78 is 0. The Balaban J connectivity index is 1.64. The summed E-state index contributed by atoms with van der Waals surface area (Å²) in [6.45, 7) is 1.91. The number of rotatable bonds is 4. The number of nitro benzene ring substituents is 1. The van der Waals surface area contributed by atoms with Crippen molar-refractivity contribution in [2.75, 3.05) is 5.32 Å². The van der Waals surface area contributed by atoms with Crippen LogP contribution < -0.4 is 10.6 Å². The van der Waals surface area contributed by atoms with Crippen molar-refractivity contribution < 1.29 is 9.72 Å². The molecule has 0 fully saturated rings. The summed E-state index contributed by atoms with van der Waals surface area (Å²) in [6, 6.07) is 13.3. The Kier molecular flexibility index (Phi) is 5.53. The number of amides is 1. The van der Waals surface area contributed by atoms with Crippen molar-refractivity contribution in [1.29, 1.82) is 0 Å². The molecule has 9 heteroatoms. The molecule has 2 aromatic carbocycles. The van der Waals surface area contributed by atoms with Crippen molar-refractivity contribution in [2.24, 2.45) is 0 Å². The van der Waals surface area contributed by atoms with Crippen LogP contribution in [0.4, 0.5) is 10.8 Å². The van der Waals surface area contributed by atoms with Crippen molar-refractivity contribution in [3.8, 4) is 11.3 Å². The number of thiocarbonyl (C=S) groups is 1. The quantitative estimate of drug-likeness (QED) is 0.389. The third-order valence-electron chi connectivity index (χ3n) is 3.61. The number of thiazole rings is 1. The second-order valence-electron chi connectivity index (χ2n) is 5.62. The van der Waals surface area contributed by atoms with E-state index in [1.54, 1.807) is 35.7 Å². The van der Waals surface area contributed by atoms with Crippen LogP contribution in [0.2, 0.25) is 0 Å². The van der Waals surface area contributed by atoms with Gasteiger partial charge in [0.1, 0.15) is 0 Å². The minimum absolute atomic E-state index is 0.0207. The molecule has 0 saturated carbocycles. The number of aryl methyl sites for hydroxylation is 1. The van der Waals surface area contributed by atoms with Gasteiger partial charge in [0.05, 0.1) is 10.6 Å². The Bertz CT molecular complexity index is 1020. The monoisotopic (exact) mass is 398 g/mol. The topological polar surface area (TPSA) is 97.2 Å². The molecule has 3 aromatic rings. The maximum atomic E-state index is 12.2. The number of nitrogens with zero attached hydrogens (tertiary/aromatic N) is 2. The number of anilines is 1. The SMILES string of the molecule is Cc1cccc(C(=O)NC(=S)Nc2nc(-c3ccc([N+](=O)[O-])cc3)cs2)c1. The lowest BCUT2D eigenvalue weighted by molar-refractivity contribution is -0.384. The highest BCUT2D eigenvalue weighted by Crippen LogP contribution is 2.26. The number of nitro groups is 1. The molecule has 7 nitrogen and oxygen atoms in total. The van der Waals surface area contributed by atoms with E-state index >= 15 is 0 Å². The van der Waals surface area contributed by atoms with Crippen LogP contribution in [0.5, 0.6) is 0 Å². The minimum atomic E-state index is -0.451. The van der Waals surface area contributed by atoms with Gasteiger partial charge in [-0.2, -0.15) is 0 Å². The zero-order chi connectivity index (χ0) is 19.4. The van der Waals surface area contributed by atoms with Crippen LogP contribution >= 0.6 is 23.6 Å². The number of benzene rings is 2. The highest BCUT2D eigenvalue weighted by atomic mass is 32.1. The number of aromatic nitrogens is 1. The molecule has 0 aliphatic carbocycles. The van der Waals surface area contributed by atoms with E-state index < -0.39 is 4.92 Å². The summed E-state index contributed by atoms with van der Waals surface area (Å²) in [5.41, 5.74) is 2.93. The van der Waals surface area contributed by atoms with Crippen molar-refractivity contribution in [1.82, 2.24) is 10.3 Å². The molecule has 0 unspecified atom stereocenters. The highest BCUT2D eigenvalue weighted by Gasteiger charge is 2.11. The van der Waals surface area contributed by atoms with Crippen molar-refractivity contribution >= 4 is 45.4 Å². The first-order chi connectivity index (χ1) is 12.9. The van der Waals surface area contributed by atoms with E-state index in [1.807, 2.05) is 13.0 Å². The van der Waals surface area contributed by atoms with Crippen LogP contribution in [0.1, 0.15) is 15.9 Å². The molecular formula is C18H14N4O3S2. The van der Waals surface area contributed by atoms with E-state index in [1.165, 1.54) is 23.5 Å². The number of nitrogens with one attached hydrogen (secondary N) is 2. The van der Waals surface area contributed by atoms with E-state index in [2.05, 4.69) is 15.6 Å². The Hall–Kier alpha value is -3.17. The first-order valence-electron chi connectivity index (χ1n) is 7.82. The molecule has 0 radical (unpaired) electrons. The van der Waals surface area contributed by atoms with Gasteiger partial charge in [0.2, 0.25) is 0 Å². The summed E-state index contributed by atoms with van der Waals surface area (Å²) in [6.07, 6.45) is 0. The Morgan fingerprint density at radius 2 is 1.96 bits per heavy atom. The van der Waals surface area contributed by atoms with Gasteiger partial charge in [-0.3, -0.25) is 20.2 Å². The smallest absolute Gasteiger partial charge is 0.269 e.